The average molecular weight is 331 g/mol. The van der Waals surface area contributed by atoms with E-state index in [0.717, 1.165) is 18.3 Å². The highest BCUT2D eigenvalue weighted by atomic mass is 19.4. The monoisotopic (exact) mass is 331 g/mol. The third-order valence-electron chi connectivity index (χ3n) is 3.66. The molecule has 1 aromatic heterocycles. The second-order valence-electron chi connectivity index (χ2n) is 5.81. The van der Waals surface area contributed by atoms with Crippen molar-refractivity contribution >= 4 is 11.8 Å². The summed E-state index contributed by atoms with van der Waals surface area (Å²) in [7, 11) is 0. The number of aromatic nitrogens is 1. The lowest BCUT2D eigenvalue weighted by atomic mass is 10.1. The summed E-state index contributed by atoms with van der Waals surface area (Å²) in [6.07, 6.45) is -2.84. The Morgan fingerprint density at radius 2 is 2.22 bits per heavy atom. The summed E-state index contributed by atoms with van der Waals surface area (Å²) in [5, 5.41) is 2.43. The maximum atomic E-state index is 12.7. The van der Waals surface area contributed by atoms with Gasteiger partial charge in [-0.25, -0.2) is 9.78 Å². The van der Waals surface area contributed by atoms with Gasteiger partial charge in [0, 0.05) is 25.9 Å². The molecule has 1 fully saturated rings. The smallest absolute Gasteiger partial charge is 0.376 e. The molecule has 8 heteroatoms. The minimum atomic E-state index is -4.47. The second-order valence-corrected chi connectivity index (χ2v) is 5.81. The average Bonchev–Trinajstić information content (AvgIpc) is 2.72. The fraction of sp³-hybridized carbons (Fsp3) is 0.600. The van der Waals surface area contributed by atoms with Crippen LogP contribution in [0.15, 0.2) is 18.3 Å². The summed E-state index contributed by atoms with van der Waals surface area (Å²) in [6, 6.07) is 1.23. The fourth-order valence-electron chi connectivity index (χ4n) is 2.30. The van der Waals surface area contributed by atoms with Gasteiger partial charge in [0.2, 0.25) is 0 Å². The highest BCUT2D eigenvalue weighted by Crippen LogP contribution is 2.30. The van der Waals surface area contributed by atoms with Gasteiger partial charge in [0.1, 0.15) is 5.82 Å². The van der Waals surface area contributed by atoms with E-state index in [4.69, 9.17) is 4.74 Å². The van der Waals surface area contributed by atoms with Crippen molar-refractivity contribution in [2.75, 3.05) is 25.0 Å². The molecule has 1 aliphatic heterocycles. The zero-order valence-electron chi connectivity index (χ0n) is 13.1. The number of rotatable bonds is 2. The normalized spacial score (nSPS) is 19.6. The predicted molar refractivity (Wildman–Crippen MR) is 79.0 cm³/mol. The van der Waals surface area contributed by atoms with E-state index in [-0.39, 0.29) is 17.8 Å². The number of hydrogen-bond acceptors (Lipinski definition) is 3. The summed E-state index contributed by atoms with van der Waals surface area (Å²) in [5.74, 6) is 0.131. The zero-order chi connectivity index (χ0) is 17.0. The van der Waals surface area contributed by atoms with Gasteiger partial charge in [-0.2, -0.15) is 13.2 Å². The van der Waals surface area contributed by atoms with Crippen LogP contribution in [-0.4, -0.2) is 41.7 Å². The van der Waals surface area contributed by atoms with Crippen molar-refractivity contribution in [3.8, 4) is 0 Å². The van der Waals surface area contributed by atoms with Crippen LogP contribution in [0.5, 0.6) is 0 Å². The number of carbonyl (C=O) groups is 1. The molecule has 1 N–H and O–H groups in total. The summed E-state index contributed by atoms with van der Waals surface area (Å²) in [6.45, 7) is 5.46. The number of carbonyl (C=O) groups excluding carboxylic acids is 1. The minimum absolute atomic E-state index is 0.0854. The molecular formula is C15H20F3N3O2. The van der Waals surface area contributed by atoms with Crippen molar-refractivity contribution < 1.29 is 22.7 Å². The van der Waals surface area contributed by atoms with Crippen molar-refractivity contribution in [2.45, 2.75) is 32.5 Å². The van der Waals surface area contributed by atoms with Gasteiger partial charge in [-0.05, 0) is 24.5 Å². The van der Waals surface area contributed by atoms with Crippen molar-refractivity contribution in [3.05, 3.63) is 23.9 Å². The van der Waals surface area contributed by atoms with Crippen LogP contribution in [-0.2, 0) is 10.9 Å². The van der Waals surface area contributed by atoms with Crippen LogP contribution in [0.25, 0.3) is 0 Å². The van der Waals surface area contributed by atoms with E-state index in [9.17, 15) is 18.0 Å². The molecule has 1 saturated heterocycles. The topological polar surface area (TPSA) is 54.5 Å². The Labute approximate surface area is 132 Å². The first-order valence-electron chi connectivity index (χ1n) is 7.48. The van der Waals surface area contributed by atoms with Gasteiger partial charge in [-0.1, -0.05) is 13.8 Å². The number of nitrogens with one attached hydrogen (secondary N) is 1. The molecule has 1 aromatic rings. The molecule has 5 nitrogen and oxygen atoms in total. The van der Waals surface area contributed by atoms with Crippen molar-refractivity contribution in [1.29, 1.82) is 0 Å². The Bertz CT molecular complexity index is 549. The number of pyridine rings is 1. The molecule has 0 aliphatic carbocycles. The SMILES string of the molecule is CC(C)C1CN(C(=O)Nc2cc(C(F)(F)F)ccn2)CCCO1. The number of amides is 2. The van der Waals surface area contributed by atoms with Gasteiger partial charge < -0.3 is 9.64 Å². The highest BCUT2D eigenvalue weighted by molar-refractivity contribution is 5.88. The van der Waals surface area contributed by atoms with E-state index >= 15 is 0 Å². The van der Waals surface area contributed by atoms with Crippen LogP contribution >= 0.6 is 0 Å². The molecule has 0 spiro atoms. The van der Waals surface area contributed by atoms with Crippen LogP contribution in [0, 0.1) is 5.92 Å². The van der Waals surface area contributed by atoms with Crippen molar-refractivity contribution in [3.63, 3.8) is 0 Å². The molecule has 0 saturated carbocycles. The molecule has 2 heterocycles. The van der Waals surface area contributed by atoms with E-state index in [1.807, 2.05) is 13.8 Å². The van der Waals surface area contributed by atoms with E-state index in [0.29, 0.717) is 26.1 Å². The third-order valence-corrected chi connectivity index (χ3v) is 3.66. The Hall–Kier alpha value is -1.83. The molecule has 2 amide bonds. The molecule has 1 atom stereocenters. The van der Waals surface area contributed by atoms with Gasteiger partial charge in [0.15, 0.2) is 0 Å². The lowest BCUT2D eigenvalue weighted by molar-refractivity contribution is -0.137. The molecule has 1 aliphatic rings. The quantitative estimate of drug-likeness (QED) is 0.904. The molecule has 1 unspecified atom stereocenters. The van der Waals surface area contributed by atoms with Gasteiger partial charge in [0.05, 0.1) is 11.7 Å². The zero-order valence-corrected chi connectivity index (χ0v) is 13.1. The van der Waals surface area contributed by atoms with E-state index in [1.54, 1.807) is 4.90 Å². The van der Waals surface area contributed by atoms with Crippen molar-refractivity contribution in [2.24, 2.45) is 5.92 Å². The van der Waals surface area contributed by atoms with Gasteiger partial charge in [-0.3, -0.25) is 5.32 Å². The van der Waals surface area contributed by atoms with E-state index < -0.39 is 17.8 Å². The molecule has 0 aromatic carbocycles. The van der Waals surface area contributed by atoms with Crippen molar-refractivity contribution in [1.82, 2.24) is 9.88 Å². The number of ether oxygens (including phenoxy) is 1. The Morgan fingerprint density at radius 1 is 1.48 bits per heavy atom. The Balaban J connectivity index is 2.06. The standard InChI is InChI=1S/C15H20F3N3O2/c1-10(2)12-9-21(6-3-7-23-12)14(22)20-13-8-11(4-5-19-13)15(16,17)18/h4-5,8,10,12H,3,6-7,9H2,1-2H3,(H,19,20,22). The Morgan fingerprint density at radius 3 is 2.87 bits per heavy atom. The first-order valence-corrected chi connectivity index (χ1v) is 7.48. The largest absolute Gasteiger partial charge is 0.416 e. The van der Waals surface area contributed by atoms with Gasteiger partial charge >= 0.3 is 12.2 Å². The number of nitrogens with zero attached hydrogens (tertiary/aromatic N) is 2. The molecule has 0 bridgehead atoms. The highest BCUT2D eigenvalue weighted by Gasteiger charge is 2.31. The molecular weight excluding hydrogens is 311 g/mol. The maximum absolute atomic E-state index is 12.7. The van der Waals surface area contributed by atoms with E-state index in [1.165, 1.54) is 0 Å². The van der Waals surface area contributed by atoms with Crippen LogP contribution in [0.4, 0.5) is 23.8 Å². The van der Waals surface area contributed by atoms with Gasteiger partial charge in [-0.15, -0.1) is 0 Å². The first kappa shape index (κ1) is 17.5. The van der Waals surface area contributed by atoms with Crippen LogP contribution in [0.3, 0.4) is 0 Å². The number of urea groups is 1. The number of halogens is 3. The van der Waals surface area contributed by atoms with Crippen LogP contribution < -0.4 is 5.32 Å². The fourth-order valence-corrected chi connectivity index (χ4v) is 2.30. The summed E-state index contributed by atoms with van der Waals surface area (Å²) in [4.78, 5) is 17.6. The first-order chi connectivity index (χ1) is 10.8. The number of hydrogen-bond donors (Lipinski definition) is 1. The molecule has 23 heavy (non-hydrogen) atoms. The molecule has 2 rings (SSSR count). The molecule has 128 valence electrons. The number of alkyl halides is 3. The summed E-state index contributed by atoms with van der Waals surface area (Å²) >= 11 is 0. The number of anilines is 1. The lowest BCUT2D eigenvalue weighted by Gasteiger charge is -2.26. The third kappa shape index (κ3) is 4.82. The van der Waals surface area contributed by atoms with Crippen LogP contribution in [0.1, 0.15) is 25.8 Å². The summed E-state index contributed by atoms with van der Waals surface area (Å²) in [5.41, 5.74) is -0.845. The summed E-state index contributed by atoms with van der Waals surface area (Å²) < 4.78 is 43.7. The lowest BCUT2D eigenvalue weighted by Crippen LogP contribution is -2.41. The van der Waals surface area contributed by atoms with Gasteiger partial charge in [0.25, 0.3) is 0 Å². The Kier molecular flexibility index (Phi) is 5.46. The van der Waals surface area contributed by atoms with E-state index in [2.05, 4.69) is 10.3 Å². The minimum Gasteiger partial charge on any atom is -0.376 e. The van der Waals surface area contributed by atoms with Crippen LogP contribution in [0.2, 0.25) is 0 Å². The maximum Gasteiger partial charge on any atom is 0.416 e. The predicted octanol–water partition coefficient (Wildman–Crippen LogP) is 3.38. The molecule has 0 radical (unpaired) electrons. The second kappa shape index (κ2) is 7.16.